The average Bonchev–Trinajstić information content (AvgIpc) is 2.48. The molecule has 140 valence electrons. The monoisotopic (exact) mass is 388 g/mol. The third-order valence-electron chi connectivity index (χ3n) is 4.49. The molecule has 0 rings (SSSR count). The average molecular weight is 389 g/mol. The number of aliphatic hydroxyl groups excluding tert-OH is 1. The van der Waals surface area contributed by atoms with E-state index in [0.717, 1.165) is 44.9 Å². The van der Waals surface area contributed by atoms with Crippen molar-refractivity contribution >= 4 is 10.1 Å². The fourth-order valence-corrected chi connectivity index (χ4v) is 3.85. The van der Waals surface area contributed by atoms with Gasteiger partial charge >= 0.3 is 51.4 Å². The van der Waals surface area contributed by atoms with Crippen molar-refractivity contribution in [1.82, 2.24) is 0 Å². The van der Waals surface area contributed by atoms with Gasteiger partial charge in [0.05, 0.1) is 16.2 Å². The fourth-order valence-electron chi connectivity index (χ4n) is 2.94. The first-order valence-electron chi connectivity index (χ1n) is 9.54. The Bertz CT molecular complexity index is 360. The summed E-state index contributed by atoms with van der Waals surface area (Å²) in [6.07, 6.45) is 12.4. The molecule has 1 N–H and O–H groups in total. The van der Waals surface area contributed by atoms with E-state index in [1.165, 1.54) is 19.3 Å². The van der Waals surface area contributed by atoms with Gasteiger partial charge in [-0.05, 0) is 32.1 Å². The Morgan fingerprint density at radius 2 is 1.17 bits per heavy atom. The summed E-state index contributed by atoms with van der Waals surface area (Å²) in [5.74, 6) is 0. The van der Waals surface area contributed by atoms with Crippen molar-refractivity contribution < 1.29 is 69.5 Å². The van der Waals surface area contributed by atoms with Crippen LogP contribution in [0.25, 0.3) is 0 Å². The van der Waals surface area contributed by atoms with Gasteiger partial charge in [0.1, 0.15) is 0 Å². The SMILES string of the molecule is CCCCCCCC(O)CCCC(CCCCCC)S(=O)(=O)[O-].[K+]. The molecule has 0 aromatic heterocycles. The van der Waals surface area contributed by atoms with Crippen molar-refractivity contribution in [3.8, 4) is 0 Å². The quantitative estimate of drug-likeness (QED) is 0.248. The van der Waals surface area contributed by atoms with Crippen LogP contribution in [-0.4, -0.2) is 29.4 Å². The molecular formula is C18H37KO4S. The van der Waals surface area contributed by atoms with Crippen LogP contribution in [0.2, 0.25) is 0 Å². The minimum absolute atomic E-state index is 0. The molecule has 0 amide bonds. The van der Waals surface area contributed by atoms with Crippen LogP contribution >= 0.6 is 0 Å². The second-order valence-corrected chi connectivity index (χ2v) is 8.40. The van der Waals surface area contributed by atoms with Crippen LogP contribution in [0.4, 0.5) is 0 Å². The van der Waals surface area contributed by atoms with E-state index >= 15 is 0 Å². The molecular weight excluding hydrogens is 351 g/mol. The minimum Gasteiger partial charge on any atom is -0.748 e. The topological polar surface area (TPSA) is 77.4 Å². The molecule has 0 spiro atoms. The van der Waals surface area contributed by atoms with E-state index in [0.29, 0.717) is 25.7 Å². The van der Waals surface area contributed by atoms with Crippen molar-refractivity contribution in [2.75, 3.05) is 0 Å². The molecule has 24 heavy (non-hydrogen) atoms. The van der Waals surface area contributed by atoms with Gasteiger partial charge in [0.15, 0.2) is 0 Å². The molecule has 6 heteroatoms. The maximum absolute atomic E-state index is 11.3. The molecule has 0 aliphatic heterocycles. The zero-order valence-electron chi connectivity index (χ0n) is 16.1. The summed E-state index contributed by atoms with van der Waals surface area (Å²) >= 11 is 0. The molecule has 0 aliphatic carbocycles. The van der Waals surface area contributed by atoms with E-state index in [-0.39, 0.29) is 57.5 Å². The van der Waals surface area contributed by atoms with Gasteiger partial charge in [0.2, 0.25) is 0 Å². The maximum atomic E-state index is 11.3. The standard InChI is InChI=1S/C18H38O4S.K/c1-3-5-7-9-10-13-17(19)14-12-16-18(23(20,21)22)15-11-8-6-4-2;/h17-19H,3-16H2,1-2H3,(H,20,21,22);/q;+1/p-1. The molecule has 0 aliphatic rings. The predicted molar refractivity (Wildman–Crippen MR) is 95.5 cm³/mol. The Morgan fingerprint density at radius 3 is 1.71 bits per heavy atom. The summed E-state index contributed by atoms with van der Waals surface area (Å²) in [6, 6.07) is 0. The Hall–Kier alpha value is 1.51. The van der Waals surface area contributed by atoms with Crippen LogP contribution in [0.3, 0.4) is 0 Å². The Kier molecular flexibility index (Phi) is 20.7. The third kappa shape index (κ3) is 16.9. The summed E-state index contributed by atoms with van der Waals surface area (Å²) in [5, 5.41) is 9.17. The molecule has 0 fully saturated rings. The van der Waals surface area contributed by atoms with Crippen molar-refractivity contribution in [2.24, 2.45) is 0 Å². The smallest absolute Gasteiger partial charge is 0.748 e. The molecule has 0 radical (unpaired) electrons. The Balaban J connectivity index is 0. The zero-order valence-corrected chi connectivity index (χ0v) is 20.1. The fraction of sp³-hybridized carbons (Fsp3) is 1.00. The second-order valence-electron chi connectivity index (χ2n) is 6.75. The van der Waals surface area contributed by atoms with Crippen molar-refractivity contribution in [3.05, 3.63) is 0 Å². The maximum Gasteiger partial charge on any atom is 1.00 e. The van der Waals surface area contributed by atoms with Gasteiger partial charge in [-0.25, -0.2) is 8.42 Å². The molecule has 0 saturated heterocycles. The summed E-state index contributed by atoms with van der Waals surface area (Å²) in [7, 11) is -4.21. The number of hydrogen-bond donors (Lipinski definition) is 1. The largest absolute Gasteiger partial charge is 1.00 e. The predicted octanol–water partition coefficient (Wildman–Crippen LogP) is 1.77. The third-order valence-corrected chi connectivity index (χ3v) is 5.78. The molecule has 0 saturated carbocycles. The van der Waals surface area contributed by atoms with Gasteiger partial charge in [0, 0.05) is 5.25 Å². The van der Waals surface area contributed by atoms with Crippen molar-refractivity contribution in [1.29, 1.82) is 0 Å². The van der Waals surface area contributed by atoms with Crippen LogP contribution in [0.15, 0.2) is 0 Å². The van der Waals surface area contributed by atoms with Crippen LogP contribution in [0.5, 0.6) is 0 Å². The number of rotatable bonds is 16. The molecule has 0 heterocycles. The van der Waals surface area contributed by atoms with Gasteiger partial charge in [0.25, 0.3) is 0 Å². The molecule has 0 aromatic rings. The van der Waals surface area contributed by atoms with E-state index < -0.39 is 15.4 Å². The molecule has 2 unspecified atom stereocenters. The molecule has 4 nitrogen and oxygen atoms in total. The normalized spacial score (nSPS) is 14.2. The molecule has 0 bridgehead atoms. The number of hydrogen-bond acceptors (Lipinski definition) is 4. The van der Waals surface area contributed by atoms with Crippen molar-refractivity contribution in [3.63, 3.8) is 0 Å². The minimum atomic E-state index is -4.21. The van der Waals surface area contributed by atoms with Crippen LogP contribution < -0.4 is 51.4 Å². The van der Waals surface area contributed by atoms with Crippen LogP contribution in [0, 0.1) is 0 Å². The first-order valence-corrected chi connectivity index (χ1v) is 11.0. The molecule has 0 aromatic carbocycles. The van der Waals surface area contributed by atoms with Gasteiger partial charge in [-0.15, -0.1) is 0 Å². The van der Waals surface area contributed by atoms with Gasteiger partial charge in [-0.3, -0.25) is 0 Å². The summed E-state index contributed by atoms with van der Waals surface area (Å²) in [4.78, 5) is 0. The Labute approximate surface area is 192 Å². The van der Waals surface area contributed by atoms with E-state index in [1.54, 1.807) is 0 Å². The van der Waals surface area contributed by atoms with E-state index in [2.05, 4.69) is 13.8 Å². The van der Waals surface area contributed by atoms with Crippen LogP contribution in [-0.2, 0) is 10.1 Å². The van der Waals surface area contributed by atoms with Gasteiger partial charge in [-0.1, -0.05) is 71.6 Å². The number of aliphatic hydroxyl groups is 1. The summed E-state index contributed by atoms with van der Waals surface area (Å²) < 4.78 is 34.0. The van der Waals surface area contributed by atoms with Gasteiger partial charge < -0.3 is 9.66 Å². The summed E-state index contributed by atoms with van der Waals surface area (Å²) in [6.45, 7) is 4.28. The first kappa shape index (κ1) is 27.7. The van der Waals surface area contributed by atoms with Crippen LogP contribution in [0.1, 0.15) is 104 Å². The van der Waals surface area contributed by atoms with E-state index in [1.807, 2.05) is 0 Å². The van der Waals surface area contributed by atoms with E-state index in [9.17, 15) is 18.1 Å². The summed E-state index contributed by atoms with van der Waals surface area (Å²) in [5.41, 5.74) is 0. The second kappa shape index (κ2) is 17.9. The van der Waals surface area contributed by atoms with Crippen molar-refractivity contribution in [2.45, 2.75) is 115 Å². The zero-order chi connectivity index (χ0) is 17.6. The van der Waals surface area contributed by atoms with Gasteiger partial charge in [-0.2, -0.15) is 0 Å². The first-order chi connectivity index (χ1) is 10.9. The Morgan fingerprint density at radius 1 is 0.750 bits per heavy atom. The number of unbranched alkanes of at least 4 members (excludes halogenated alkanes) is 7. The van der Waals surface area contributed by atoms with E-state index in [4.69, 9.17) is 0 Å². The molecule has 2 atom stereocenters.